The van der Waals surface area contributed by atoms with Gasteiger partial charge in [-0.1, -0.05) is 39.3 Å². The summed E-state index contributed by atoms with van der Waals surface area (Å²) in [6.07, 6.45) is 2.79. The molecule has 2 aromatic heterocycles. The summed E-state index contributed by atoms with van der Waals surface area (Å²) in [6.45, 7) is 10.4. The summed E-state index contributed by atoms with van der Waals surface area (Å²) in [5, 5.41) is 5.09. The van der Waals surface area contributed by atoms with Gasteiger partial charge in [0.2, 0.25) is 0 Å². The molecule has 0 aliphatic heterocycles. The molecule has 0 aliphatic rings. The maximum absolute atomic E-state index is 6.28. The van der Waals surface area contributed by atoms with Crippen LogP contribution >= 0.6 is 11.6 Å². The number of halogens is 1. The molecule has 108 valence electrons. The fraction of sp³-hybridized carbons (Fsp3) is 0.533. The maximum atomic E-state index is 6.28. The van der Waals surface area contributed by atoms with Gasteiger partial charge in [-0.25, -0.2) is 9.97 Å². The van der Waals surface area contributed by atoms with Crippen molar-refractivity contribution in [3.05, 3.63) is 28.3 Å². The summed E-state index contributed by atoms with van der Waals surface area (Å²) < 4.78 is 1.80. The van der Waals surface area contributed by atoms with Crippen molar-refractivity contribution in [3.63, 3.8) is 0 Å². The number of rotatable bonds is 2. The fourth-order valence-corrected chi connectivity index (χ4v) is 2.64. The highest BCUT2D eigenvalue weighted by Gasteiger charge is 2.24. The lowest BCUT2D eigenvalue weighted by Gasteiger charge is -2.17. The zero-order valence-corrected chi connectivity index (χ0v) is 13.7. The van der Waals surface area contributed by atoms with Crippen molar-refractivity contribution in [3.8, 4) is 11.4 Å². The second-order valence-electron chi connectivity index (χ2n) is 6.07. The van der Waals surface area contributed by atoms with Crippen LogP contribution in [0.1, 0.15) is 44.6 Å². The van der Waals surface area contributed by atoms with E-state index in [0.717, 1.165) is 28.9 Å². The summed E-state index contributed by atoms with van der Waals surface area (Å²) in [4.78, 5) is 9.08. The Morgan fingerprint density at radius 2 is 1.90 bits per heavy atom. The first-order valence-electron chi connectivity index (χ1n) is 6.81. The highest BCUT2D eigenvalue weighted by atomic mass is 35.5. The molecule has 0 spiro atoms. The van der Waals surface area contributed by atoms with Gasteiger partial charge in [-0.15, -0.1) is 0 Å². The van der Waals surface area contributed by atoms with Crippen LogP contribution in [0.25, 0.3) is 11.4 Å². The Morgan fingerprint density at radius 3 is 2.40 bits per heavy atom. The Labute approximate surface area is 125 Å². The number of aromatic nitrogens is 4. The molecule has 2 rings (SSSR count). The molecule has 0 saturated heterocycles. The van der Waals surface area contributed by atoms with Crippen LogP contribution in [0.5, 0.6) is 0 Å². The van der Waals surface area contributed by atoms with Crippen LogP contribution in [0.15, 0.2) is 6.20 Å². The van der Waals surface area contributed by atoms with Gasteiger partial charge in [-0.05, 0) is 13.3 Å². The lowest BCUT2D eigenvalue weighted by atomic mass is 9.89. The molecule has 0 fully saturated rings. The molecular weight excluding hydrogens is 272 g/mol. The largest absolute Gasteiger partial charge is 0.275 e. The first kappa shape index (κ1) is 15.0. The van der Waals surface area contributed by atoms with E-state index in [9.17, 15) is 0 Å². The summed E-state index contributed by atoms with van der Waals surface area (Å²) in [6, 6.07) is 0. The third-order valence-corrected chi connectivity index (χ3v) is 3.61. The monoisotopic (exact) mass is 292 g/mol. The second-order valence-corrected chi connectivity index (χ2v) is 6.43. The van der Waals surface area contributed by atoms with Crippen LogP contribution in [0.3, 0.4) is 0 Å². The standard InChI is InChI=1S/C15H21ClN4/c1-7-10-9(2)17-14(18-13(10)16)11-8-20(6)19-12(11)15(3,4)5/h8H,7H2,1-6H3. The summed E-state index contributed by atoms with van der Waals surface area (Å²) in [7, 11) is 1.91. The summed E-state index contributed by atoms with van der Waals surface area (Å²) >= 11 is 6.28. The Bertz CT molecular complexity index is 615. The van der Waals surface area contributed by atoms with Crippen LogP contribution in [-0.2, 0) is 18.9 Å². The van der Waals surface area contributed by atoms with Crippen LogP contribution in [-0.4, -0.2) is 19.7 Å². The number of nitrogens with zero attached hydrogens (tertiary/aromatic N) is 4. The SMILES string of the molecule is CCc1c(C)nc(-c2cn(C)nc2C(C)(C)C)nc1Cl. The first-order chi connectivity index (χ1) is 9.24. The van der Waals surface area contributed by atoms with Gasteiger partial charge in [0.15, 0.2) is 5.82 Å². The molecule has 0 radical (unpaired) electrons. The molecule has 20 heavy (non-hydrogen) atoms. The Morgan fingerprint density at radius 1 is 1.25 bits per heavy atom. The number of aryl methyl sites for hydroxylation is 2. The lowest BCUT2D eigenvalue weighted by Crippen LogP contribution is -2.14. The minimum Gasteiger partial charge on any atom is -0.275 e. The Balaban J connectivity index is 2.64. The molecule has 2 aromatic rings. The van der Waals surface area contributed by atoms with Gasteiger partial charge >= 0.3 is 0 Å². The van der Waals surface area contributed by atoms with E-state index in [2.05, 4.69) is 42.8 Å². The van der Waals surface area contributed by atoms with Crippen LogP contribution in [0, 0.1) is 6.92 Å². The Hall–Kier alpha value is -1.42. The predicted octanol–water partition coefficient (Wildman–Crippen LogP) is 3.70. The average Bonchev–Trinajstić information content (AvgIpc) is 2.70. The predicted molar refractivity (Wildman–Crippen MR) is 82.1 cm³/mol. The average molecular weight is 293 g/mol. The van der Waals surface area contributed by atoms with Crippen molar-refractivity contribution >= 4 is 11.6 Å². The minimum atomic E-state index is -0.0657. The van der Waals surface area contributed by atoms with Gasteiger partial charge in [-0.3, -0.25) is 4.68 Å². The molecule has 0 atom stereocenters. The van der Waals surface area contributed by atoms with E-state index in [4.69, 9.17) is 11.6 Å². The van der Waals surface area contributed by atoms with E-state index in [1.54, 1.807) is 4.68 Å². The molecule has 0 aliphatic carbocycles. The lowest BCUT2D eigenvalue weighted by molar-refractivity contribution is 0.554. The first-order valence-corrected chi connectivity index (χ1v) is 7.19. The minimum absolute atomic E-state index is 0.0657. The van der Waals surface area contributed by atoms with E-state index >= 15 is 0 Å². The van der Waals surface area contributed by atoms with Gasteiger partial charge in [0.05, 0.1) is 11.3 Å². The van der Waals surface area contributed by atoms with Crippen molar-refractivity contribution in [1.82, 2.24) is 19.7 Å². The molecule has 5 heteroatoms. The molecule has 0 unspecified atom stereocenters. The van der Waals surface area contributed by atoms with Gasteiger partial charge in [-0.2, -0.15) is 5.10 Å². The quantitative estimate of drug-likeness (QED) is 0.793. The summed E-state index contributed by atoms with van der Waals surface area (Å²) in [5.41, 5.74) is 3.82. The molecular formula is C15H21ClN4. The van der Waals surface area contributed by atoms with Gasteiger partial charge in [0.1, 0.15) is 5.15 Å². The van der Waals surface area contributed by atoms with Crippen molar-refractivity contribution < 1.29 is 0 Å². The molecule has 0 saturated carbocycles. The topological polar surface area (TPSA) is 43.6 Å². The number of hydrogen-bond donors (Lipinski definition) is 0. The van der Waals surface area contributed by atoms with E-state index in [0.29, 0.717) is 11.0 Å². The van der Waals surface area contributed by atoms with Crippen molar-refractivity contribution in [2.24, 2.45) is 7.05 Å². The molecule has 0 amide bonds. The highest BCUT2D eigenvalue weighted by molar-refractivity contribution is 6.30. The normalized spacial score (nSPS) is 11.9. The van der Waals surface area contributed by atoms with Crippen LogP contribution in [0.2, 0.25) is 5.15 Å². The third-order valence-electron chi connectivity index (χ3n) is 3.30. The summed E-state index contributed by atoms with van der Waals surface area (Å²) in [5.74, 6) is 0.655. The molecule has 2 heterocycles. The van der Waals surface area contributed by atoms with E-state index in [1.165, 1.54) is 0 Å². The van der Waals surface area contributed by atoms with Gasteiger partial charge in [0, 0.05) is 29.9 Å². The van der Waals surface area contributed by atoms with E-state index in [1.807, 2.05) is 20.2 Å². The maximum Gasteiger partial charge on any atom is 0.164 e. The van der Waals surface area contributed by atoms with E-state index < -0.39 is 0 Å². The third kappa shape index (κ3) is 2.70. The zero-order valence-electron chi connectivity index (χ0n) is 13.0. The Kier molecular flexibility index (Phi) is 3.87. The van der Waals surface area contributed by atoms with Gasteiger partial charge in [0.25, 0.3) is 0 Å². The smallest absolute Gasteiger partial charge is 0.164 e. The van der Waals surface area contributed by atoms with E-state index in [-0.39, 0.29) is 5.41 Å². The number of hydrogen-bond acceptors (Lipinski definition) is 3. The van der Waals surface area contributed by atoms with Crippen molar-refractivity contribution in [2.45, 2.75) is 46.5 Å². The van der Waals surface area contributed by atoms with Crippen LogP contribution in [0.4, 0.5) is 0 Å². The second kappa shape index (κ2) is 5.17. The molecule has 0 aromatic carbocycles. The van der Waals surface area contributed by atoms with Crippen LogP contribution < -0.4 is 0 Å². The van der Waals surface area contributed by atoms with Crippen molar-refractivity contribution in [2.75, 3.05) is 0 Å². The molecule has 4 nitrogen and oxygen atoms in total. The van der Waals surface area contributed by atoms with Crippen molar-refractivity contribution in [1.29, 1.82) is 0 Å². The molecule has 0 N–H and O–H groups in total. The zero-order chi connectivity index (χ0) is 15.1. The highest BCUT2D eigenvalue weighted by Crippen LogP contribution is 2.31. The fourth-order valence-electron chi connectivity index (χ4n) is 2.29. The van der Waals surface area contributed by atoms with Gasteiger partial charge < -0.3 is 0 Å². The molecule has 0 bridgehead atoms.